The van der Waals surface area contributed by atoms with Crippen molar-refractivity contribution in [2.24, 2.45) is 0 Å². The summed E-state index contributed by atoms with van der Waals surface area (Å²) < 4.78 is 81.5. The number of thiocarbonyl (C=S) groups is 1. The molecule has 2 amide bonds. The zero-order valence-corrected chi connectivity index (χ0v) is 25.4. The second-order valence-electron chi connectivity index (χ2n) is 10.1. The van der Waals surface area contributed by atoms with Crippen LogP contribution in [0.15, 0.2) is 59.5 Å². The van der Waals surface area contributed by atoms with Crippen LogP contribution in [0.4, 0.5) is 37.7 Å². The predicted octanol–water partition coefficient (Wildman–Crippen LogP) is 7.09. The fourth-order valence-electron chi connectivity index (χ4n) is 4.45. The Bertz CT molecular complexity index is 1740. The van der Waals surface area contributed by atoms with E-state index in [1.165, 1.54) is 29.2 Å². The minimum absolute atomic E-state index is 0.0488. The maximum Gasteiger partial charge on any atom is 0.416 e. The maximum atomic E-state index is 13.6. The fourth-order valence-corrected chi connectivity index (χ4v) is 5.75. The number of halogens is 6. The van der Waals surface area contributed by atoms with Crippen LogP contribution in [0.3, 0.4) is 0 Å². The number of phenols is 1. The third kappa shape index (κ3) is 7.80. The monoisotopic (exact) mass is 683 g/mol. The first kappa shape index (κ1) is 34.3. The molecule has 242 valence electrons. The molecular formula is C30H23F6N3O5S2. The van der Waals surface area contributed by atoms with Gasteiger partial charge in [-0.15, -0.1) is 0 Å². The van der Waals surface area contributed by atoms with Gasteiger partial charge in [-0.1, -0.05) is 30.0 Å². The van der Waals surface area contributed by atoms with Crippen molar-refractivity contribution in [1.29, 1.82) is 0 Å². The first-order valence-corrected chi connectivity index (χ1v) is 14.3. The zero-order valence-electron chi connectivity index (χ0n) is 23.8. The van der Waals surface area contributed by atoms with E-state index in [0.29, 0.717) is 23.4 Å². The lowest BCUT2D eigenvalue weighted by molar-refractivity contribution is -0.143. The molecule has 1 fully saturated rings. The fraction of sp³-hybridized carbons (Fsp3) is 0.200. The smallest absolute Gasteiger partial charge is 0.416 e. The number of hydrogen-bond acceptors (Lipinski definition) is 7. The molecule has 1 heterocycles. The number of nitrogens with one attached hydrogen (secondary N) is 1. The lowest BCUT2D eigenvalue weighted by atomic mass is 9.95. The summed E-state index contributed by atoms with van der Waals surface area (Å²) in [5, 5.41) is 21.3. The molecule has 4 rings (SSSR count). The Balaban J connectivity index is 1.57. The number of rotatable bonds is 8. The normalized spacial score (nSPS) is 14.6. The molecule has 0 saturated carbocycles. The molecule has 0 atom stereocenters. The van der Waals surface area contributed by atoms with Gasteiger partial charge in [0.2, 0.25) is 5.91 Å². The highest BCUT2D eigenvalue weighted by atomic mass is 32.2. The number of carboxylic acid groups (broad SMARTS) is 1. The van der Waals surface area contributed by atoms with Gasteiger partial charge >= 0.3 is 18.3 Å². The van der Waals surface area contributed by atoms with Gasteiger partial charge in [0.15, 0.2) is 0 Å². The molecule has 0 spiro atoms. The highest BCUT2D eigenvalue weighted by Crippen LogP contribution is 2.41. The lowest BCUT2D eigenvalue weighted by Gasteiger charge is -2.20. The van der Waals surface area contributed by atoms with Gasteiger partial charge in [-0.3, -0.25) is 14.5 Å². The summed E-state index contributed by atoms with van der Waals surface area (Å²) in [6.07, 6.45) is -8.90. The molecule has 0 unspecified atom stereocenters. The van der Waals surface area contributed by atoms with Gasteiger partial charge in [0.1, 0.15) is 15.6 Å². The molecule has 3 N–H and O–H groups in total. The highest BCUT2D eigenvalue weighted by Gasteiger charge is 2.37. The van der Waals surface area contributed by atoms with Crippen molar-refractivity contribution in [2.75, 3.05) is 30.9 Å². The number of aromatic carboxylic acids is 1. The molecule has 1 aliphatic rings. The van der Waals surface area contributed by atoms with Crippen molar-refractivity contribution in [2.45, 2.75) is 18.8 Å². The van der Waals surface area contributed by atoms with Gasteiger partial charge in [0.05, 0.1) is 16.0 Å². The molecule has 0 aliphatic carbocycles. The van der Waals surface area contributed by atoms with Crippen LogP contribution in [-0.4, -0.2) is 57.9 Å². The van der Waals surface area contributed by atoms with Crippen LogP contribution in [0.1, 0.15) is 33.5 Å². The van der Waals surface area contributed by atoms with E-state index in [0.717, 1.165) is 28.8 Å². The second-order valence-corrected chi connectivity index (χ2v) is 11.8. The van der Waals surface area contributed by atoms with Gasteiger partial charge in [-0.2, -0.15) is 26.3 Å². The van der Waals surface area contributed by atoms with Crippen LogP contribution in [0.25, 0.3) is 17.2 Å². The summed E-state index contributed by atoms with van der Waals surface area (Å²) in [6.45, 7) is -0.137. The Morgan fingerprint density at radius 2 is 1.61 bits per heavy atom. The lowest BCUT2D eigenvalue weighted by Crippen LogP contribution is -2.31. The van der Waals surface area contributed by atoms with Crippen molar-refractivity contribution < 1.29 is 50.9 Å². The molecule has 3 aromatic carbocycles. The molecule has 0 aromatic heterocycles. The average molecular weight is 684 g/mol. The number of carbonyl (C=O) groups is 3. The Hall–Kier alpha value is -4.57. The van der Waals surface area contributed by atoms with Crippen LogP contribution < -0.4 is 10.2 Å². The van der Waals surface area contributed by atoms with E-state index in [9.17, 15) is 45.8 Å². The van der Waals surface area contributed by atoms with Gasteiger partial charge in [-0.05, 0) is 59.7 Å². The first-order chi connectivity index (χ1) is 21.3. The van der Waals surface area contributed by atoms with Crippen molar-refractivity contribution in [3.63, 3.8) is 0 Å². The zero-order chi connectivity index (χ0) is 34.1. The summed E-state index contributed by atoms with van der Waals surface area (Å²) in [6, 6.07) is 9.18. The molecule has 0 bridgehead atoms. The number of carbonyl (C=O) groups excluding carboxylic acids is 2. The van der Waals surface area contributed by atoms with Crippen molar-refractivity contribution in [3.8, 4) is 16.9 Å². The number of benzene rings is 3. The Morgan fingerprint density at radius 1 is 0.978 bits per heavy atom. The summed E-state index contributed by atoms with van der Waals surface area (Å²) >= 11 is 6.19. The number of alkyl halides is 6. The molecule has 46 heavy (non-hydrogen) atoms. The first-order valence-electron chi connectivity index (χ1n) is 13.1. The number of thioether (sulfide) groups is 1. The maximum absolute atomic E-state index is 13.6. The number of amides is 2. The number of carboxylic acids is 1. The second kappa shape index (κ2) is 13.0. The van der Waals surface area contributed by atoms with Crippen LogP contribution in [0, 0.1) is 0 Å². The van der Waals surface area contributed by atoms with Gasteiger partial charge < -0.3 is 20.4 Å². The quantitative estimate of drug-likeness (QED) is 0.131. The molecular weight excluding hydrogens is 660 g/mol. The van der Waals surface area contributed by atoms with Gasteiger partial charge in [-0.25, -0.2) is 4.79 Å². The Kier molecular flexibility index (Phi) is 9.72. The Morgan fingerprint density at radius 3 is 2.15 bits per heavy atom. The standard InChI is InChI=1S/C30H23F6N3O5S2/c1-38(2)22-6-3-15(9-21(22)16-11-17(29(31,32)33)13-18(12-16)30(34,35)36)10-24-26(42)39(28(45)46-24)8-7-25(41)37-19-4-5-20(27(43)44)23(40)14-19/h3-6,9-14,40H,7-8H2,1-2H3,(H,37,41)(H,43,44). The highest BCUT2D eigenvalue weighted by molar-refractivity contribution is 8.26. The molecule has 8 nitrogen and oxygen atoms in total. The SMILES string of the molecule is CN(C)c1ccc(C=C2SC(=S)N(CCC(=O)Nc3ccc(C(=O)O)c(O)c3)C2=O)cc1-c1cc(C(F)(F)F)cc(C(F)(F)F)c1. The number of nitrogens with zero attached hydrogens (tertiary/aromatic N) is 2. The minimum Gasteiger partial charge on any atom is -0.507 e. The van der Waals surface area contributed by atoms with E-state index >= 15 is 0 Å². The molecule has 3 aromatic rings. The van der Waals surface area contributed by atoms with E-state index < -0.39 is 47.0 Å². The minimum atomic E-state index is -5.04. The van der Waals surface area contributed by atoms with Gasteiger partial charge in [0.25, 0.3) is 5.91 Å². The Labute approximate surface area is 267 Å². The molecule has 1 saturated heterocycles. The van der Waals surface area contributed by atoms with E-state index in [4.69, 9.17) is 17.3 Å². The van der Waals surface area contributed by atoms with Crippen molar-refractivity contribution in [3.05, 3.63) is 81.8 Å². The van der Waals surface area contributed by atoms with Crippen LogP contribution in [0.5, 0.6) is 5.75 Å². The van der Waals surface area contributed by atoms with E-state index in [-0.39, 0.29) is 50.6 Å². The number of hydrogen-bond donors (Lipinski definition) is 3. The predicted molar refractivity (Wildman–Crippen MR) is 164 cm³/mol. The van der Waals surface area contributed by atoms with E-state index in [1.807, 2.05) is 0 Å². The summed E-state index contributed by atoms with van der Waals surface area (Å²) in [5.74, 6) is -3.04. The molecule has 1 aliphatic heterocycles. The third-order valence-electron chi connectivity index (χ3n) is 6.65. The van der Waals surface area contributed by atoms with Crippen LogP contribution in [0.2, 0.25) is 0 Å². The van der Waals surface area contributed by atoms with E-state index in [2.05, 4.69) is 5.32 Å². The summed E-state index contributed by atoms with van der Waals surface area (Å²) in [7, 11) is 3.15. The largest absolute Gasteiger partial charge is 0.507 e. The molecule has 16 heteroatoms. The van der Waals surface area contributed by atoms with Crippen molar-refractivity contribution >= 4 is 63.5 Å². The number of anilines is 2. The van der Waals surface area contributed by atoms with Gasteiger partial charge in [0, 0.05) is 50.1 Å². The summed E-state index contributed by atoms with van der Waals surface area (Å²) in [5.41, 5.74) is -2.80. The topological polar surface area (TPSA) is 110 Å². The average Bonchev–Trinajstić information content (AvgIpc) is 3.21. The van der Waals surface area contributed by atoms with Crippen molar-refractivity contribution in [1.82, 2.24) is 4.90 Å². The third-order valence-corrected chi connectivity index (χ3v) is 8.02. The number of aromatic hydroxyl groups is 1. The van der Waals surface area contributed by atoms with Crippen LogP contribution >= 0.6 is 24.0 Å². The molecule has 0 radical (unpaired) electrons. The van der Waals surface area contributed by atoms with E-state index in [1.54, 1.807) is 20.2 Å². The summed E-state index contributed by atoms with van der Waals surface area (Å²) in [4.78, 5) is 39.5. The van der Waals surface area contributed by atoms with Crippen LogP contribution in [-0.2, 0) is 21.9 Å².